The van der Waals surface area contributed by atoms with E-state index in [9.17, 15) is 4.79 Å². The molecule has 1 N–H and O–H groups in total. The largest absolute Gasteiger partial charge is 0.351 e. The number of rotatable bonds is 9. The second-order valence-electron chi connectivity index (χ2n) is 5.36. The number of unbranched alkanes of at least 4 members (excludes halogenated alkanes) is 5. The monoisotopic (exact) mass is 352 g/mol. The number of benzene rings is 1. The van der Waals surface area contributed by atoms with Gasteiger partial charge in [0.1, 0.15) is 11.6 Å². The fourth-order valence-corrected chi connectivity index (χ4v) is 2.59. The summed E-state index contributed by atoms with van der Waals surface area (Å²) in [6.07, 6.45) is 8.41. The van der Waals surface area contributed by atoms with Crippen LogP contribution in [0.2, 0.25) is 10.0 Å². The number of nitriles is 1. The lowest BCUT2D eigenvalue weighted by Crippen LogP contribution is -2.25. The van der Waals surface area contributed by atoms with Crippen LogP contribution in [0.4, 0.5) is 0 Å². The number of hydrogen-bond acceptors (Lipinski definition) is 2. The Labute approximate surface area is 148 Å². The second-order valence-corrected chi connectivity index (χ2v) is 6.20. The zero-order valence-electron chi connectivity index (χ0n) is 13.4. The van der Waals surface area contributed by atoms with Crippen LogP contribution in [0.3, 0.4) is 0 Å². The molecule has 0 aliphatic carbocycles. The summed E-state index contributed by atoms with van der Waals surface area (Å²) in [7, 11) is 0. The van der Waals surface area contributed by atoms with Crippen molar-refractivity contribution in [2.75, 3.05) is 6.54 Å². The normalized spacial score (nSPS) is 11.1. The first kappa shape index (κ1) is 19.5. The van der Waals surface area contributed by atoms with Gasteiger partial charge in [-0.05, 0) is 30.2 Å². The van der Waals surface area contributed by atoms with Gasteiger partial charge in [0.05, 0.1) is 0 Å². The lowest BCUT2D eigenvalue weighted by Gasteiger charge is -2.05. The Hall–Kier alpha value is -1.50. The van der Waals surface area contributed by atoms with Gasteiger partial charge in [0, 0.05) is 16.6 Å². The van der Waals surface area contributed by atoms with Crippen molar-refractivity contribution >= 4 is 35.2 Å². The molecule has 1 rings (SSSR count). The van der Waals surface area contributed by atoms with Crippen molar-refractivity contribution in [3.8, 4) is 6.07 Å². The number of halogens is 2. The average molecular weight is 353 g/mol. The van der Waals surface area contributed by atoms with Crippen LogP contribution in [0, 0.1) is 11.3 Å². The summed E-state index contributed by atoms with van der Waals surface area (Å²) in [6.45, 7) is 2.77. The maximum Gasteiger partial charge on any atom is 0.261 e. The Morgan fingerprint density at radius 2 is 1.91 bits per heavy atom. The molecule has 0 aromatic heterocycles. The number of nitrogens with zero attached hydrogens (tertiary/aromatic N) is 1. The molecule has 5 heteroatoms. The van der Waals surface area contributed by atoms with Crippen molar-refractivity contribution in [1.82, 2.24) is 5.32 Å². The Morgan fingerprint density at radius 1 is 1.22 bits per heavy atom. The van der Waals surface area contributed by atoms with Gasteiger partial charge >= 0.3 is 0 Å². The summed E-state index contributed by atoms with van der Waals surface area (Å²) < 4.78 is 0. The molecule has 0 unspecified atom stereocenters. The first-order chi connectivity index (χ1) is 11.1. The molecule has 3 nitrogen and oxygen atoms in total. The molecular weight excluding hydrogens is 331 g/mol. The van der Waals surface area contributed by atoms with Gasteiger partial charge in [-0.1, -0.05) is 68.3 Å². The van der Waals surface area contributed by atoms with Crippen LogP contribution in [-0.4, -0.2) is 12.5 Å². The Balaban J connectivity index is 2.49. The molecule has 1 aromatic rings. The summed E-state index contributed by atoms with van der Waals surface area (Å²) in [5, 5.41) is 12.9. The predicted octanol–water partition coefficient (Wildman–Crippen LogP) is 5.38. The lowest BCUT2D eigenvalue weighted by molar-refractivity contribution is -0.117. The fourth-order valence-electron chi connectivity index (χ4n) is 2.13. The fraction of sp³-hybridized carbons (Fsp3) is 0.444. The Kier molecular flexibility index (Phi) is 9.43. The molecular formula is C18H22Cl2N2O. The number of amides is 1. The standard InChI is InChI=1S/C18H22Cl2N2O/c1-2-3-4-5-6-7-10-22-18(23)15(13-21)11-14-8-9-16(19)12-17(14)20/h8-9,11-12H,2-7,10H2,1H3,(H,22,23). The third-order valence-electron chi connectivity index (χ3n) is 3.44. The van der Waals surface area contributed by atoms with Gasteiger partial charge < -0.3 is 5.32 Å². The van der Waals surface area contributed by atoms with Crippen molar-refractivity contribution in [3.63, 3.8) is 0 Å². The number of carbonyl (C=O) groups excluding carboxylic acids is 1. The summed E-state index contributed by atoms with van der Waals surface area (Å²) in [5.74, 6) is -0.368. The van der Waals surface area contributed by atoms with E-state index in [0.29, 0.717) is 22.2 Å². The topological polar surface area (TPSA) is 52.9 Å². The van der Waals surface area contributed by atoms with Gasteiger partial charge in [0.25, 0.3) is 5.91 Å². The van der Waals surface area contributed by atoms with Gasteiger partial charge in [-0.3, -0.25) is 4.79 Å². The highest BCUT2D eigenvalue weighted by molar-refractivity contribution is 6.35. The molecule has 1 amide bonds. The molecule has 0 fully saturated rings. The molecule has 0 aliphatic rings. The van der Waals surface area contributed by atoms with Crippen molar-refractivity contribution < 1.29 is 4.79 Å². The summed E-state index contributed by atoms with van der Waals surface area (Å²) >= 11 is 11.9. The lowest BCUT2D eigenvalue weighted by atomic mass is 10.1. The summed E-state index contributed by atoms with van der Waals surface area (Å²) in [4.78, 5) is 12.0. The van der Waals surface area contributed by atoms with Crippen molar-refractivity contribution in [3.05, 3.63) is 39.4 Å². The van der Waals surface area contributed by atoms with Crippen molar-refractivity contribution in [2.24, 2.45) is 0 Å². The highest BCUT2D eigenvalue weighted by atomic mass is 35.5. The van der Waals surface area contributed by atoms with Crippen LogP contribution in [0.1, 0.15) is 51.0 Å². The van der Waals surface area contributed by atoms with E-state index in [2.05, 4.69) is 12.2 Å². The van der Waals surface area contributed by atoms with Crippen molar-refractivity contribution in [1.29, 1.82) is 5.26 Å². The SMILES string of the molecule is CCCCCCCCNC(=O)C(C#N)=Cc1ccc(Cl)cc1Cl. The molecule has 0 radical (unpaired) electrons. The molecule has 0 aliphatic heterocycles. The van der Waals surface area contributed by atoms with E-state index in [1.807, 2.05) is 6.07 Å². The quantitative estimate of drug-likeness (QED) is 0.368. The highest BCUT2D eigenvalue weighted by Crippen LogP contribution is 2.23. The van der Waals surface area contributed by atoms with Crippen LogP contribution < -0.4 is 5.32 Å². The molecule has 23 heavy (non-hydrogen) atoms. The molecule has 1 aromatic carbocycles. The van der Waals surface area contributed by atoms with Gasteiger partial charge in [-0.25, -0.2) is 0 Å². The molecule has 124 valence electrons. The van der Waals surface area contributed by atoms with E-state index in [1.165, 1.54) is 31.8 Å². The molecule has 0 saturated carbocycles. The van der Waals surface area contributed by atoms with E-state index in [0.717, 1.165) is 12.8 Å². The van der Waals surface area contributed by atoms with Crippen LogP contribution in [0.5, 0.6) is 0 Å². The van der Waals surface area contributed by atoms with Crippen LogP contribution in [-0.2, 0) is 4.79 Å². The Morgan fingerprint density at radius 3 is 2.57 bits per heavy atom. The van der Waals surface area contributed by atoms with E-state index in [1.54, 1.807) is 18.2 Å². The minimum atomic E-state index is -0.368. The van der Waals surface area contributed by atoms with Crippen LogP contribution >= 0.6 is 23.2 Å². The molecule has 0 bridgehead atoms. The maximum atomic E-state index is 12.0. The van der Waals surface area contributed by atoms with Crippen LogP contribution in [0.25, 0.3) is 6.08 Å². The van der Waals surface area contributed by atoms with Gasteiger partial charge in [0.2, 0.25) is 0 Å². The first-order valence-electron chi connectivity index (χ1n) is 7.93. The molecule has 0 spiro atoms. The van der Waals surface area contributed by atoms with Gasteiger partial charge in [-0.2, -0.15) is 5.26 Å². The van der Waals surface area contributed by atoms with E-state index < -0.39 is 0 Å². The zero-order chi connectivity index (χ0) is 17.1. The minimum Gasteiger partial charge on any atom is -0.351 e. The third kappa shape index (κ3) is 7.54. The van der Waals surface area contributed by atoms with Crippen LogP contribution in [0.15, 0.2) is 23.8 Å². The van der Waals surface area contributed by atoms with E-state index >= 15 is 0 Å². The summed E-state index contributed by atoms with van der Waals surface area (Å²) in [6, 6.07) is 6.85. The highest BCUT2D eigenvalue weighted by Gasteiger charge is 2.09. The van der Waals surface area contributed by atoms with Crippen molar-refractivity contribution in [2.45, 2.75) is 45.4 Å². The Bertz CT molecular complexity index is 591. The van der Waals surface area contributed by atoms with E-state index in [4.69, 9.17) is 28.5 Å². The first-order valence-corrected chi connectivity index (χ1v) is 8.69. The van der Waals surface area contributed by atoms with Gasteiger partial charge in [0.15, 0.2) is 0 Å². The number of hydrogen-bond donors (Lipinski definition) is 1. The second kappa shape index (κ2) is 11.1. The number of nitrogens with one attached hydrogen (secondary N) is 1. The predicted molar refractivity (Wildman–Crippen MR) is 96.4 cm³/mol. The molecule has 0 atom stereocenters. The zero-order valence-corrected chi connectivity index (χ0v) is 14.9. The maximum absolute atomic E-state index is 12.0. The van der Waals surface area contributed by atoms with Gasteiger partial charge in [-0.15, -0.1) is 0 Å². The minimum absolute atomic E-state index is 0.0419. The summed E-state index contributed by atoms with van der Waals surface area (Å²) in [5.41, 5.74) is 0.641. The average Bonchev–Trinajstić information content (AvgIpc) is 2.53. The molecule has 0 heterocycles. The molecule has 0 saturated heterocycles. The third-order valence-corrected chi connectivity index (χ3v) is 4.01. The smallest absolute Gasteiger partial charge is 0.261 e. The van der Waals surface area contributed by atoms with E-state index in [-0.39, 0.29) is 11.5 Å². The number of carbonyl (C=O) groups is 1.